The molecule has 0 radical (unpaired) electrons. The highest BCUT2D eigenvalue weighted by molar-refractivity contribution is 5.95. The van der Waals surface area contributed by atoms with Crippen LogP contribution in [0.3, 0.4) is 0 Å². The second-order valence-electron chi connectivity index (χ2n) is 6.69. The van der Waals surface area contributed by atoms with Crippen molar-refractivity contribution in [2.24, 2.45) is 0 Å². The molecule has 1 fully saturated rings. The maximum absolute atomic E-state index is 12.4. The molecule has 0 spiro atoms. The van der Waals surface area contributed by atoms with Crippen molar-refractivity contribution in [3.05, 3.63) is 71.6 Å². The van der Waals surface area contributed by atoms with Crippen LogP contribution in [0.15, 0.2) is 54.7 Å². The van der Waals surface area contributed by atoms with E-state index in [4.69, 9.17) is 0 Å². The van der Waals surface area contributed by atoms with Gasteiger partial charge in [0.05, 0.1) is 0 Å². The summed E-state index contributed by atoms with van der Waals surface area (Å²) in [4.78, 5) is 30.5. The Hall–Kier alpha value is -2.95. The van der Waals surface area contributed by atoms with Crippen molar-refractivity contribution >= 4 is 17.9 Å². The first kappa shape index (κ1) is 18.8. The number of carbonyl (C=O) groups excluding carboxylic acids is 2. The summed E-state index contributed by atoms with van der Waals surface area (Å²) in [7, 11) is 0. The van der Waals surface area contributed by atoms with Gasteiger partial charge in [-0.05, 0) is 55.7 Å². The van der Waals surface area contributed by atoms with Crippen LogP contribution in [0, 0.1) is 0 Å². The third-order valence-corrected chi connectivity index (χ3v) is 4.56. The number of carbonyl (C=O) groups is 2. The molecular weight excluding hydrogens is 338 g/mol. The minimum atomic E-state index is -0.0317. The lowest BCUT2D eigenvalue weighted by Gasteiger charge is -2.18. The fourth-order valence-electron chi connectivity index (χ4n) is 2.73. The highest BCUT2D eigenvalue weighted by Gasteiger charge is 2.23. The molecule has 1 aromatic heterocycles. The van der Waals surface area contributed by atoms with Crippen molar-refractivity contribution < 1.29 is 9.59 Å². The van der Waals surface area contributed by atoms with Crippen molar-refractivity contribution in [2.75, 3.05) is 13.1 Å². The summed E-state index contributed by atoms with van der Waals surface area (Å²) < 4.78 is 0. The van der Waals surface area contributed by atoms with E-state index in [1.165, 1.54) is 0 Å². The van der Waals surface area contributed by atoms with Crippen LogP contribution in [0.2, 0.25) is 0 Å². The molecule has 0 aliphatic heterocycles. The zero-order valence-corrected chi connectivity index (χ0v) is 15.6. The highest BCUT2D eigenvalue weighted by atomic mass is 16.2. The van der Waals surface area contributed by atoms with Gasteiger partial charge in [0.2, 0.25) is 5.91 Å². The average Bonchev–Trinajstić information content (AvgIpc) is 3.52. The van der Waals surface area contributed by atoms with E-state index in [0.717, 1.165) is 30.5 Å². The van der Waals surface area contributed by atoms with Gasteiger partial charge in [0.1, 0.15) is 0 Å². The molecule has 1 N–H and O–H groups in total. The minimum Gasteiger partial charge on any atom is -0.349 e. The first-order valence-corrected chi connectivity index (χ1v) is 9.43. The standard InChI is InChI=1S/C22H25N3O2/c1-2-25(16-14-19-5-3-4-15-23-19)21(26)13-8-17-6-9-18(10-7-17)22(27)24-20-11-12-20/h3-10,13,15,20H,2,11-12,14,16H2,1H3,(H,24,27)/b13-8+. The predicted octanol–water partition coefficient (Wildman–Crippen LogP) is 3.08. The molecule has 0 saturated heterocycles. The van der Waals surface area contributed by atoms with Gasteiger partial charge in [0.15, 0.2) is 0 Å². The second-order valence-corrected chi connectivity index (χ2v) is 6.69. The van der Waals surface area contributed by atoms with E-state index in [1.807, 2.05) is 37.3 Å². The van der Waals surface area contributed by atoms with Gasteiger partial charge in [0, 0.05) is 49.1 Å². The van der Waals surface area contributed by atoms with Gasteiger partial charge < -0.3 is 10.2 Å². The third-order valence-electron chi connectivity index (χ3n) is 4.56. The summed E-state index contributed by atoms with van der Waals surface area (Å²) in [6.07, 6.45) is 8.02. The molecule has 0 unspecified atom stereocenters. The molecule has 1 aliphatic rings. The summed E-state index contributed by atoms with van der Waals surface area (Å²) in [6.45, 7) is 3.25. The van der Waals surface area contributed by atoms with Crippen molar-refractivity contribution in [1.29, 1.82) is 0 Å². The lowest BCUT2D eigenvalue weighted by atomic mass is 10.1. The number of amides is 2. The number of aromatic nitrogens is 1. The molecule has 2 aromatic rings. The Labute approximate surface area is 160 Å². The summed E-state index contributed by atoms with van der Waals surface area (Å²) in [5.41, 5.74) is 2.52. The molecule has 1 saturated carbocycles. The van der Waals surface area contributed by atoms with Gasteiger partial charge in [0.25, 0.3) is 5.91 Å². The maximum Gasteiger partial charge on any atom is 0.251 e. The molecule has 5 heteroatoms. The Morgan fingerprint density at radius 2 is 1.96 bits per heavy atom. The normalized spacial score (nSPS) is 13.5. The van der Waals surface area contributed by atoms with E-state index in [2.05, 4.69) is 10.3 Å². The van der Waals surface area contributed by atoms with Crippen LogP contribution < -0.4 is 5.32 Å². The molecule has 1 aromatic carbocycles. The maximum atomic E-state index is 12.4. The number of benzene rings is 1. The molecule has 27 heavy (non-hydrogen) atoms. The van der Waals surface area contributed by atoms with E-state index >= 15 is 0 Å². The number of hydrogen-bond acceptors (Lipinski definition) is 3. The Morgan fingerprint density at radius 3 is 2.59 bits per heavy atom. The second kappa shape index (κ2) is 9.12. The number of nitrogens with one attached hydrogen (secondary N) is 1. The molecule has 140 valence electrons. The smallest absolute Gasteiger partial charge is 0.251 e. The van der Waals surface area contributed by atoms with Gasteiger partial charge in [-0.2, -0.15) is 0 Å². The van der Waals surface area contributed by atoms with Crippen molar-refractivity contribution in [2.45, 2.75) is 32.2 Å². The number of hydrogen-bond donors (Lipinski definition) is 1. The van der Waals surface area contributed by atoms with Crippen LogP contribution in [0.5, 0.6) is 0 Å². The number of pyridine rings is 1. The van der Waals surface area contributed by atoms with E-state index in [0.29, 0.717) is 24.7 Å². The predicted molar refractivity (Wildman–Crippen MR) is 106 cm³/mol. The fourth-order valence-corrected chi connectivity index (χ4v) is 2.73. The summed E-state index contributed by atoms with van der Waals surface area (Å²) in [6, 6.07) is 13.5. The molecule has 0 atom stereocenters. The third kappa shape index (κ3) is 5.78. The Morgan fingerprint density at radius 1 is 1.19 bits per heavy atom. The van der Waals surface area contributed by atoms with Gasteiger partial charge >= 0.3 is 0 Å². The Kier molecular flexibility index (Phi) is 6.36. The van der Waals surface area contributed by atoms with Crippen LogP contribution in [0.25, 0.3) is 6.08 Å². The summed E-state index contributed by atoms with van der Waals surface area (Å²) in [5, 5.41) is 2.97. The van der Waals surface area contributed by atoms with Crippen molar-refractivity contribution in [3.63, 3.8) is 0 Å². The van der Waals surface area contributed by atoms with Crippen molar-refractivity contribution in [1.82, 2.24) is 15.2 Å². The number of likely N-dealkylation sites (N-methyl/N-ethyl adjacent to an activating group) is 1. The van der Waals surface area contributed by atoms with Crippen LogP contribution >= 0.6 is 0 Å². The van der Waals surface area contributed by atoms with Gasteiger partial charge in [-0.25, -0.2) is 0 Å². The molecular formula is C22H25N3O2. The molecule has 1 aliphatic carbocycles. The zero-order valence-electron chi connectivity index (χ0n) is 15.6. The lowest BCUT2D eigenvalue weighted by Crippen LogP contribution is -2.31. The highest BCUT2D eigenvalue weighted by Crippen LogP contribution is 2.19. The Balaban J connectivity index is 1.53. The summed E-state index contributed by atoms with van der Waals surface area (Å²) >= 11 is 0. The Bertz CT molecular complexity index is 796. The van der Waals surface area contributed by atoms with E-state index in [-0.39, 0.29) is 11.8 Å². The SMILES string of the molecule is CCN(CCc1ccccn1)C(=O)/C=C/c1ccc(C(=O)NC2CC2)cc1. The molecule has 2 amide bonds. The number of rotatable bonds is 8. The first-order valence-electron chi connectivity index (χ1n) is 9.43. The van der Waals surface area contributed by atoms with Gasteiger partial charge in [-0.3, -0.25) is 14.6 Å². The molecule has 5 nitrogen and oxygen atoms in total. The number of nitrogens with zero attached hydrogens (tertiary/aromatic N) is 2. The van der Waals surface area contributed by atoms with Crippen LogP contribution in [-0.4, -0.2) is 40.8 Å². The van der Waals surface area contributed by atoms with Crippen LogP contribution in [-0.2, 0) is 11.2 Å². The van der Waals surface area contributed by atoms with Gasteiger partial charge in [-0.1, -0.05) is 18.2 Å². The topological polar surface area (TPSA) is 62.3 Å². The monoisotopic (exact) mass is 363 g/mol. The fraction of sp³-hybridized carbons (Fsp3) is 0.318. The molecule has 1 heterocycles. The summed E-state index contributed by atoms with van der Waals surface area (Å²) in [5.74, 6) is -0.0558. The zero-order chi connectivity index (χ0) is 19.1. The van der Waals surface area contributed by atoms with Crippen molar-refractivity contribution in [3.8, 4) is 0 Å². The van der Waals surface area contributed by atoms with Crippen LogP contribution in [0.4, 0.5) is 0 Å². The van der Waals surface area contributed by atoms with E-state index in [1.54, 1.807) is 35.4 Å². The molecule has 0 bridgehead atoms. The minimum absolute atomic E-state index is 0.0241. The van der Waals surface area contributed by atoms with Crippen LogP contribution in [0.1, 0.15) is 41.4 Å². The largest absolute Gasteiger partial charge is 0.349 e. The average molecular weight is 363 g/mol. The lowest BCUT2D eigenvalue weighted by molar-refractivity contribution is -0.125. The van der Waals surface area contributed by atoms with E-state index in [9.17, 15) is 9.59 Å². The van der Waals surface area contributed by atoms with E-state index < -0.39 is 0 Å². The first-order chi connectivity index (χ1) is 13.2. The van der Waals surface area contributed by atoms with Gasteiger partial charge in [-0.15, -0.1) is 0 Å². The molecule has 3 rings (SSSR count). The quantitative estimate of drug-likeness (QED) is 0.733.